The molecule has 3 rings (SSSR count). The number of pyridine rings is 1. The van der Waals surface area contributed by atoms with Crippen molar-refractivity contribution < 1.29 is 4.92 Å². The Morgan fingerprint density at radius 3 is 2.83 bits per heavy atom. The summed E-state index contributed by atoms with van der Waals surface area (Å²) in [4.78, 5) is 27.3. The van der Waals surface area contributed by atoms with Crippen LogP contribution >= 0.6 is 11.3 Å². The molecule has 0 spiro atoms. The van der Waals surface area contributed by atoms with Crippen molar-refractivity contribution in [3.05, 3.63) is 54.4 Å². The Morgan fingerprint density at radius 1 is 1.39 bits per heavy atom. The Kier molecular flexibility index (Phi) is 4.56. The number of aromatic nitrogens is 2. The molecule has 122 valence electrons. The number of nitrogens with zero attached hydrogens (tertiary/aromatic N) is 3. The van der Waals surface area contributed by atoms with E-state index in [2.05, 4.69) is 4.98 Å². The van der Waals surface area contributed by atoms with Crippen molar-refractivity contribution in [2.45, 2.75) is 51.5 Å². The molecule has 6 nitrogen and oxygen atoms in total. The van der Waals surface area contributed by atoms with Gasteiger partial charge in [0, 0.05) is 22.9 Å². The van der Waals surface area contributed by atoms with Crippen molar-refractivity contribution >= 4 is 17.0 Å². The predicted octanol–water partition coefficient (Wildman–Crippen LogP) is 3.62. The second-order valence-corrected chi connectivity index (χ2v) is 6.97. The minimum atomic E-state index is -0.475. The first-order valence-electron chi connectivity index (χ1n) is 7.84. The third-order valence-corrected chi connectivity index (χ3v) is 5.37. The molecular formula is C16H19N3O3S. The standard InChI is InChI=1S/C16H19N3O3S/c1-11-7-14(19(21)22)9-18(16(11)20)8-13-10-23-15(17-13)12-5-3-2-4-6-12/h7,9-10,12H,2-6,8H2,1H3. The topological polar surface area (TPSA) is 78.0 Å². The molecule has 0 unspecified atom stereocenters. The molecule has 0 bridgehead atoms. The molecule has 2 aromatic heterocycles. The van der Waals surface area contributed by atoms with Crippen molar-refractivity contribution in [3.8, 4) is 0 Å². The fourth-order valence-corrected chi connectivity index (χ4v) is 4.07. The Morgan fingerprint density at radius 2 is 2.13 bits per heavy atom. The van der Waals surface area contributed by atoms with E-state index < -0.39 is 4.92 Å². The van der Waals surface area contributed by atoms with E-state index in [0.29, 0.717) is 11.5 Å². The molecule has 1 fully saturated rings. The van der Waals surface area contributed by atoms with Gasteiger partial charge in [-0.1, -0.05) is 19.3 Å². The van der Waals surface area contributed by atoms with Crippen LogP contribution in [-0.4, -0.2) is 14.5 Å². The molecule has 1 aliphatic rings. The largest absolute Gasteiger partial charge is 0.302 e. The van der Waals surface area contributed by atoms with E-state index in [9.17, 15) is 14.9 Å². The fourth-order valence-electron chi connectivity index (χ4n) is 3.09. The minimum Gasteiger partial charge on any atom is -0.302 e. The Balaban J connectivity index is 1.83. The lowest BCUT2D eigenvalue weighted by Gasteiger charge is -2.18. The molecular weight excluding hydrogens is 314 g/mol. The quantitative estimate of drug-likeness (QED) is 0.632. The van der Waals surface area contributed by atoms with Gasteiger partial charge in [-0.05, 0) is 19.8 Å². The van der Waals surface area contributed by atoms with Crippen LogP contribution in [0.15, 0.2) is 22.4 Å². The predicted molar refractivity (Wildman–Crippen MR) is 89.1 cm³/mol. The maximum atomic E-state index is 12.2. The lowest BCUT2D eigenvalue weighted by atomic mass is 9.90. The zero-order chi connectivity index (χ0) is 16.4. The monoisotopic (exact) mass is 333 g/mol. The van der Waals surface area contributed by atoms with E-state index in [4.69, 9.17) is 0 Å². The molecule has 7 heteroatoms. The number of hydrogen-bond donors (Lipinski definition) is 0. The summed E-state index contributed by atoms with van der Waals surface area (Å²) in [5.74, 6) is 0.533. The molecule has 0 atom stereocenters. The second-order valence-electron chi connectivity index (χ2n) is 6.08. The molecule has 2 aromatic rings. The molecule has 2 heterocycles. The van der Waals surface area contributed by atoms with Gasteiger partial charge in [0.15, 0.2) is 0 Å². The van der Waals surface area contributed by atoms with Crippen molar-refractivity contribution in [1.82, 2.24) is 9.55 Å². The van der Waals surface area contributed by atoms with Crippen LogP contribution in [0.3, 0.4) is 0 Å². The summed E-state index contributed by atoms with van der Waals surface area (Å²) in [6, 6.07) is 1.31. The minimum absolute atomic E-state index is 0.0650. The van der Waals surface area contributed by atoms with Crippen LogP contribution in [0.1, 0.15) is 54.3 Å². The summed E-state index contributed by atoms with van der Waals surface area (Å²) in [6.07, 6.45) is 7.48. The summed E-state index contributed by atoms with van der Waals surface area (Å²) in [7, 11) is 0. The van der Waals surface area contributed by atoms with Crippen LogP contribution < -0.4 is 5.56 Å². The maximum absolute atomic E-state index is 12.2. The van der Waals surface area contributed by atoms with Crippen molar-refractivity contribution in [2.75, 3.05) is 0 Å². The van der Waals surface area contributed by atoms with Crippen LogP contribution in [0, 0.1) is 17.0 Å². The van der Waals surface area contributed by atoms with E-state index in [1.54, 1.807) is 18.3 Å². The third-order valence-electron chi connectivity index (χ3n) is 4.32. The highest BCUT2D eigenvalue weighted by atomic mass is 32.1. The lowest BCUT2D eigenvalue weighted by Crippen LogP contribution is -2.22. The SMILES string of the molecule is Cc1cc([N+](=O)[O-])cn(Cc2csc(C3CCCCC3)n2)c1=O. The van der Waals surface area contributed by atoms with Gasteiger partial charge in [-0.2, -0.15) is 0 Å². The van der Waals surface area contributed by atoms with Gasteiger partial charge >= 0.3 is 0 Å². The number of thiazole rings is 1. The molecule has 0 amide bonds. The number of nitro groups is 1. The van der Waals surface area contributed by atoms with Crippen LogP contribution in [0.5, 0.6) is 0 Å². The number of aryl methyl sites for hydroxylation is 1. The molecule has 0 radical (unpaired) electrons. The van der Waals surface area contributed by atoms with Crippen LogP contribution in [0.2, 0.25) is 0 Å². The van der Waals surface area contributed by atoms with Gasteiger partial charge in [0.05, 0.1) is 28.4 Å². The van der Waals surface area contributed by atoms with Gasteiger partial charge in [-0.25, -0.2) is 4.98 Å². The Hall–Kier alpha value is -2.02. The van der Waals surface area contributed by atoms with Gasteiger partial charge in [-0.3, -0.25) is 14.9 Å². The highest BCUT2D eigenvalue weighted by molar-refractivity contribution is 7.09. The molecule has 1 aliphatic carbocycles. The van der Waals surface area contributed by atoms with E-state index in [1.165, 1.54) is 48.9 Å². The smallest absolute Gasteiger partial charge is 0.286 e. The van der Waals surface area contributed by atoms with Gasteiger partial charge < -0.3 is 4.57 Å². The Labute approximate surface area is 138 Å². The first-order chi connectivity index (χ1) is 11.0. The zero-order valence-electron chi connectivity index (χ0n) is 13.0. The molecule has 0 aromatic carbocycles. The first-order valence-corrected chi connectivity index (χ1v) is 8.72. The molecule has 0 saturated heterocycles. The van der Waals surface area contributed by atoms with Crippen molar-refractivity contribution in [2.24, 2.45) is 0 Å². The van der Waals surface area contributed by atoms with Gasteiger partial charge in [0.1, 0.15) is 0 Å². The maximum Gasteiger partial charge on any atom is 0.286 e. The van der Waals surface area contributed by atoms with Crippen LogP contribution in [0.4, 0.5) is 5.69 Å². The summed E-state index contributed by atoms with van der Waals surface area (Å²) in [5.41, 5.74) is 0.909. The van der Waals surface area contributed by atoms with Crippen molar-refractivity contribution in [3.63, 3.8) is 0 Å². The number of rotatable bonds is 4. The average Bonchev–Trinajstić information content (AvgIpc) is 3.01. The van der Waals surface area contributed by atoms with E-state index >= 15 is 0 Å². The molecule has 0 N–H and O–H groups in total. The summed E-state index contributed by atoms with van der Waals surface area (Å²) < 4.78 is 1.38. The Bertz CT molecular complexity index is 775. The second kappa shape index (κ2) is 6.62. The highest BCUT2D eigenvalue weighted by Gasteiger charge is 2.19. The van der Waals surface area contributed by atoms with Crippen LogP contribution in [0.25, 0.3) is 0 Å². The normalized spacial score (nSPS) is 15.7. The number of hydrogen-bond acceptors (Lipinski definition) is 5. The van der Waals surface area contributed by atoms with Gasteiger partial charge in [0.25, 0.3) is 11.2 Å². The van der Waals surface area contributed by atoms with Gasteiger partial charge in [-0.15, -0.1) is 11.3 Å². The molecule has 0 aliphatic heterocycles. The summed E-state index contributed by atoms with van der Waals surface area (Å²) >= 11 is 1.64. The third kappa shape index (κ3) is 3.50. The summed E-state index contributed by atoms with van der Waals surface area (Å²) in [6.45, 7) is 1.88. The zero-order valence-corrected chi connectivity index (χ0v) is 13.8. The van der Waals surface area contributed by atoms with E-state index in [1.807, 2.05) is 5.38 Å². The van der Waals surface area contributed by atoms with E-state index in [0.717, 1.165) is 10.7 Å². The van der Waals surface area contributed by atoms with E-state index in [-0.39, 0.29) is 17.8 Å². The first kappa shape index (κ1) is 15.9. The fraction of sp³-hybridized carbons (Fsp3) is 0.500. The summed E-state index contributed by atoms with van der Waals surface area (Å²) in [5, 5.41) is 14.1. The van der Waals surface area contributed by atoms with Crippen LogP contribution in [-0.2, 0) is 6.54 Å². The lowest BCUT2D eigenvalue weighted by molar-refractivity contribution is -0.385. The molecule has 23 heavy (non-hydrogen) atoms. The average molecular weight is 333 g/mol. The van der Waals surface area contributed by atoms with Gasteiger partial charge in [0.2, 0.25) is 0 Å². The van der Waals surface area contributed by atoms with Crippen molar-refractivity contribution in [1.29, 1.82) is 0 Å². The molecule has 1 saturated carbocycles. The highest BCUT2D eigenvalue weighted by Crippen LogP contribution is 2.34.